The number of carbonyl (C=O) groups excluding carboxylic acids is 3. The highest BCUT2D eigenvalue weighted by Gasteiger charge is 2.49. The Bertz CT molecular complexity index is 1460. The van der Waals surface area contributed by atoms with Crippen LogP contribution < -0.4 is 10.6 Å². The number of H-pyrrole nitrogens is 1. The number of benzene rings is 2. The highest BCUT2D eigenvalue weighted by atomic mass is 16.4. The van der Waals surface area contributed by atoms with Gasteiger partial charge in [0.1, 0.15) is 18.1 Å². The van der Waals surface area contributed by atoms with Crippen LogP contribution in [0, 0.1) is 11.8 Å². The van der Waals surface area contributed by atoms with Crippen molar-refractivity contribution in [2.24, 2.45) is 11.8 Å². The maximum Gasteiger partial charge on any atom is 0.326 e. The maximum absolute atomic E-state index is 14.0. The van der Waals surface area contributed by atoms with Crippen molar-refractivity contribution in [2.45, 2.75) is 64.7 Å². The van der Waals surface area contributed by atoms with E-state index in [1.54, 1.807) is 24.8 Å². The fourth-order valence-electron chi connectivity index (χ4n) is 5.85. The first-order valence-corrected chi connectivity index (χ1v) is 13.5. The van der Waals surface area contributed by atoms with E-state index in [0.717, 1.165) is 27.7 Å². The summed E-state index contributed by atoms with van der Waals surface area (Å²) in [7, 11) is 0. The third kappa shape index (κ3) is 4.45. The van der Waals surface area contributed by atoms with Gasteiger partial charge in [0.15, 0.2) is 0 Å². The summed E-state index contributed by atoms with van der Waals surface area (Å²) in [6, 6.07) is 11.9. The Balaban J connectivity index is 1.51. The largest absolute Gasteiger partial charge is 0.480 e. The number of nitrogens with zero attached hydrogens (tertiary/aromatic N) is 1. The van der Waals surface area contributed by atoms with Crippen molar-refractivity contribution in [3.05, 3.63) is 70.9 Å². The number of nitrogens with one attached hydrogen (secondary N) is 3. The van der Waals surface area contributed by atoms with Gasteiger partial charge in [-0.15, -0.1) is 0 Å². The number of rotatable bonds is 8. The molecule has 0 fully saturated rings. The molecule has 39 heavy (non-hydrogen) atoms. The highest BCUT2D eigenvalue weighted by molar-refractivity contribution is 6.04. The standard InChI is InChI=1S/C30H34N4O5/c1-5-16(4)24(28(36)32-23(15(2)3)30(38)39)33-27(35)22-14-20-17-10-8-9-13-21(17)31-25(20)26-18-11-6-7-12-19(18)29(37)34(22)26/h6-13,15-16,22-24,26,31H,5,14H2,1-4H3,(H,32,36)(H,33,35)(H,38,39)/t16-,22-,23-,24-,26-/m0/s1. The van der Waals surface area contributed by atoms with Gasteiger partial charge in [-0.3, -0.25) is 14.4 Å². The minimum Gasteiger partial charge on any atom is -0.480 e. The number of carboxylic acids is 1. The molecule has 0 unspecified atom stereocenters. The molecule has 4 N–H and O–H groups in total. The lowest BCUT2D eigenvalue weighted by molar-refractivity contribution is -0.144. The van der Waals surface area contributed by atoms with E-state index in [1.165, 1.54) is 0 Å². The Morgan fingerprint density at radius 2 is 1.72 bits per heavy atom. The van der Waals surface area contributed by atoms with E-state index in [-0.39, 0.29) is 17.7 Å². The minimum absolute atomic E-state index is 0.227. The number of hydrogen-bond donors (Lipinski definition) is 4. The molecule has 9 heteroatoms. The van der Waals surface area contributed by atoms with E-state index in [0.29, 0.717) is 18.4 Å². The van der Waals surface area contributed by atoms with Gasteiger partial charge in [0, 0.05) is 28.6 Å². The van der Waals surface area contributed by atoms with Crippen LogP contribution >= 0.6 is 0 Å². The summed E-state index contributed by atoms with van der Waals surface area (Å²) in [4.78, 5) is 57.8. The molecule has 1 aromatic heterocycles. The second kappa shape index (κ2) is 10.2. The first-order chi connectivity index (χ1) is 18.6. The number of fused-ring (bicyclic) bond motifs is 7. The number of carbonyl (C=O) groups is 4. The van der Waals surface area contributed by atoms with Crippen LogP contribution in [0.25, 0.3) is 10.9 Å². The molecular weight excluding hydrogens is 496 g/mol. The molecule has 3 heterocycles. The van der Waals surface area contributed by atoms with Gasteiger partial charge in [0.2, 0.25) is 11.8 Å². The Kier molecular flexibility index (Phi) is 6.92. The molecule has 5 atom stereocenters. The summed E-state index contributed by atoms with van der Waals surface area (Å²) in [5.74, 6) is -2.93. The van der Waals surface area contributed by atoms with Crippen molar-refractivity contribution in [3.63, 3.8) is 0 Å². The third-order valence-corrected chi connectivity index (χ3v) is 8.18. The molecular formula is C30H34N4O5. The van der Waals surface area contributed by atoms with Crippen LogP contribution in [0.1, 0.15) is 67.3 Å². The third-order valence-electron chi connectivity index (χ3n) is 8.18. The van der Waals surface area contributed by atoms with Gasteiger partial charge < -0.3 is 25.6 Å². The monoisotopic (exact) mass is 530 g/mol. The Morgan fingerprint density at radius 3 is 2.41 bits per heavy atom. The summed E-state index contributed by atoms with van der Waals surface area (Å²) in [5, 5.41) is 16.1. The Labute approximate surface area is 227 Å². The molecule has 3 amide bonds. The van der Waals surface area contributed by atoms with E-state index in [4.69, 9.17) is 0 Å². The van der Waals surface area contributed by atoms with Crippen LogP contribution in [-0.2, 0) is 20.8 Å². The first-order valence-electron chi connectivity index (χ1n) is 13.5. The molecule has 2 aromatic carbocycles. The van der Waals surface area contributed by atoms with Crippen LogP contribution in [0.4, 0.5) is 0 Å². The lowest BCUT2D eigenvalue weighted by atomic mass is 9.89. The van der Waals surface area contributed by atoms with E-state index < -0.39 is 42.0 Å². The summed E-state index contributed by atoms with van der Waals surface area (Å²) < 4.78 is 0. The van der Waals surface area contributed by atoms with Gasteiger partial charge in [-0.25, -0.2) is 4.79 Å². The highest BCUT2D eigenvalue weighted by Crippen LogP contribution is 2.46. The number of aliphatic carboxylic acids is 1. The molecule has 0 aliphatic carbocycles. The lowest BCUT2D eigenvalue weighted by Crippen LogP contribution is -2.59. The first kappa shape index (κ1) is 26.5. The van der Waals surface area contributed by atoms with Crippen LogP contribution in [0.2, 0.25) is 0 Å². The van der Waals surface area contributed by atoms with Crippen LogP contribution in [0.5, 0.6) is 0 Å². The second-order valence-corrected chi connectivity index (χ2v) is 10.9. The fourth-order valence-corrected chi connectivity index (χ4v) is 5.85. The molecule has 0 saturated heterocycles. The normalized spacial score (nSPS) is 20.1. The quantitative estimate of drug-likeness (QED) is 0.355. The average Bonchev–Trinajstić information content (AvgIpc) is 3.44. The SMILES string of the molecule is CC[C@H](C)[C@H](NC(=O)[C@@H]1Cc2c([nH]c3ccccc23)[C@@H]2c3ccccc3C(=O)N21)C(=O)N[C@H](C(=O)O)C(C)C. The van der Waals surface area contributed by atoms with Crippen molar-refractivity contribution >= 4 is 34.6 Å². The van der Waals surface area contributed by atoms with Crippen LogP contribution in [-0.4, -0.2) is 56.8 Å². The number of carboxylic acid groups (broad SMARTS) is 1. The zero-order valence-corrected chi connectivity index (χ0v) is 22.5. The van der Waals surface area contributed by atoms with E-state index in [2.05, 4.69) is 15.6 Å². The summed E-state index contributed by atoms with van der Waals surface area (Å²) >= 11 is 0. The molecule has 0 saturated carbocycles. The smallest absolute Gasteiger partial charge is 0.326 e. The molecule has 0 radical (unpaired) electrons. The van der Waals surface area contributed by atoms with Crippen molar-refractivity contribution in [2.75, 3.05) is 0 Å². The molecule has 2 aliphatic rings. The van der Waals surface area contributed by atoms with E-state index in [1.807, 2.05) is 56.3 Å². The van der Waals surface area contributed by atoms with Gasteiger partial charge in [-0.05, 0) is 35.1 Å². The summed E-state index contributed by atoms with van der Waals surface area (Å²) in [5.41, 5.74) is 4.21. The van der Waals surface area contributed by atoms with Crippen LogP contribution in [0.15, 0.2) is 48.5 Å². The van der Waals surface area contributed by atoms with Gasteiger partial charge in [-0.1, -0.05) is 70.5 Å². The number of aromatic amines is 1. The van der Waals surface area contributed by atoms with Crippen molar-refractivity contribution in [1.29, 1.82) is 0 Å². The topological polar surface area (TPSA) is 132 Å². The van der Waals surface area contributed by atoms with Crippen molar-refractivity contribution < 1.29 is 24.3 Å². The maximum atomic E-state index is 14.0. The number of para-hydroxylation sites is 1. The number of hydrogen-bond acceptors (Lipinski definition) is 4. The van der Waals surface area contributed by atoms with E-state index in [9.17, 15) is 24.3 Å². The minimum atomic E-state index is -1.13. The van der Waals surface area contributed by atoms with Crippen LogP contribution in [0.3, 0.4) is 0 Å². The predicted octanol–water partition coefficient (Wildman–Crippen LogP) is 3.39. The zero-order valence-electron chi connectivity index (χ0n) is 22.5. The molecule has 5 rings (SSSR count). The predicted molar refractivity (Wildman–Crippen MR) is 146 cm³/mol. The van der Waals surface area contributed by atoms with Gasteiger partial charge >= 0.3 is 5.97 Å². The van der Waals surface area contributed by atoms with Gasteiger partial charge in [-0.2, -0.15) is 0 Å². The van der Waals surface area contributed by atoms with Crippen molar-refractivity contribution in [3.8, 4) is 0 Å². The second-order valence-electron chi connectivity index (χ2n) is 10.9. The van der Waals surface area contributed by atoms with Crippen molar-refractivity contribution in [1.82, 2.24) is 20.5 Å². The van der Waals surface area contributed by atoms with Gasteiger partial charge in [0.05, 0.1) is 6.04 Å². The number of aromatic nitrogens is 1. The molecule has 3 aromatic rings. The molecule has 2 aliphatic heterocycles. The number of amides is 3. The molecule has 9 nitrogen and oxygen atoms in total. The molecule has 204 valence electrons. The Hall–Kier alpha value is -4.14. The zero-order chi connectivity index (χ0) is 28.0. The Morgan fingerprint density at radius 1 is 1.03 bits per heavy atom. The molecule has 0 bridgehead atoms. The fraction of sp³-hybridized carbons (Fsp3) is 0.400. The average molecular weight is 531 g/mol. The van der Waals surface area contributed by atoms with Gasteiger partial charge in [0.25, 0.3) is 5.91 Å². The molecule has 0 spiro atoms. The van der Waals surface area contributed by atoms with E-state index >= 15 is 0 Å². The summed E-state index contributed by atoms with van der Waals surface area (Å²) in [6.45, 7) is 7.18. The lowest BCUT2D eigenvalue weighted by Gasteiger charge is -2.38. The summed E-state index contributed by atoms with van der Waals surface area (Å²) in [6.07, 6.45) is 0.881.